The lowest BCUT2D eigenvalue weighted by atomic mass is 10.1. The van der Waals surface area contributed by atoms with Crippen LogP contribution in [0.15, 0.2) is 0 Å². The van der Waals surface area contributed by atoms with E-state index in [1.165, 1.54) is 0 Å². The van der Waals surface area contributed by atoms with Crippen molar-refractivity contribution in [2.45, 2.75) is 44.7 Å². The molecule has 0 saturated carbocycles. The Kier molecular flexibility index (Phi) is 5.90. The van der Waals surface area contributed by atoms with E-state index in [1.807, 2.05) is 20.8 Å². The molecule has 1 N–H and O–H groups in total. The normalized spacial score (nSPS) is 13.3. The van der Waals surface area contributed by atoms with E-state index in [0.717, 1.165) is 13.0 Å². The Bertz CT molecular complexity index is 133. The minimum absolute atomic E-state index is 0.0527. The zero-order valence-corrected chi connectivity index (χ0v) is 9.69. The van der Waals surface area contributed by atoms with E-state index >= 15 is 0 Å². The van der Waals surface area contributed by atoms with Crippen LogP contribution in [0.4, 0.5) is 13.2 Å². The van der Waals surface area contributed by atoms with Gasteiger partial charge in [-0.25, -0.2) is 0 Å². The van der Waals surface area contributed by atoms with Gasteiger partial charge in [0.25, 0.3) is 0 Å². The first-order valence-corrected chi connectivity index (χ1v) is 5.65. The molecule has 0 aliphatic heterocycles. The highest BCUT2D eigenvalue weighted by Crippen LogP contribution is 2.30. The van der Waals surface area contributed by atoms with Crippen LogP contribution in [0.2, 0.25) is 0 Å². The molecule has 0 saturated heterocycles. The van der Waals surface area contributed by atoms with E-state index in [0.29, 0.717) is 6.42 Å². The van der Waals surface area contributed by atoms with Crippen molar-refractivity contribution in [1.29, 1.82) is 0 Å². The van der Waals surface area contributed by atoms with Crippen LogP contribution < -0.4 is 5.32 Å². The Labute approximate surface area is 87.8 Å². The van der Waals surface area contributed by atoms with Gasteiger partial charge in [0.05, 0.1) is 0 Å². The molecule has 0 aromatic heterocycles. The molecule has 86 valence electrons. The summed E-state index contributed by atoms with van der Waals surface area (Å²) in [6.07, 6.45) is 1.40. The number of nitrogens with one attached hydrogen (secondary N) is 1. The zero-order chi connectivity index (χ0) is 11.2. The summed E-state index contributed by atoms with van der Waals surface area (Å²) in [4.78, 5) is 0. The monoisotopic (exact) mass is 229 g/mol. The van der Waals surface area contributed by atoms with Crippen molar-refractivity contribution in [2.24, 2.45) is 0 Å². The predicted octanol–water partition coefficient (Wildman–Crippen LogP) is 3.41. The highest BCUT2D eigenvalue weighted by molar-refractivity contribution is 8.00. The SMILES string of the molecule is CC(C)(C)NCCCCSC(F)(F)F. The van der Waals surface area contributed by atoms with Crippen molar-refractivity contribution >= 4 is 11.8 Å². The van der Waals surface area contributed by atoms with Crippen molar-refractivity contribution in [3.05, 3.63) is 0 Å². The summed E-state index contributed by atoms with van der Waals surface area (Å²) in [6.45, 7) is 6.90. The Morgan fingerprint density at radius 1 is 1.07 bits per heavy atom. The van der Waals surface area contributed by atoms with Gasteiger partial charge in [-0.1, -0.05) is 11.8 Å². The van der Waals surface area contributed by atoms with Gasteiger partial charge < -0.3 is 5.32 Å². The molecule has 14 heavy (non-hydrogen) atoms. The third-order valence-electron chi connectivity index (χ3n) is 1.49. The average molecular weight is 229 g/mol. The molecule has 0 aliphatic rings. The summed E-state index contributed by atoms with van der Waals surface area (Å²) in [5, 5.41) is 3.23. The van der Waals surface area contributed by atoms with E-state index in [2.05, 4.69) is 5.32 Å². The largest absolute Gasteiger partial charge is 0.441 e. The molecule has 0 atom stereocenters. The Balaban J connectivity index is 3.23. The average Bonchev–Trinajstić information content (AvgIpc) is 1.92. The van der Waals surface area contributed by atoms with Crippen molar-refractivity contribution in [2.75, 3.05) is 12.3 Å². The number of rotatable bonds is 5. The fourth-order valence-electron chi connectivity index (χ4n) is 0.878. The third-order valence-corrected chi connectivity index (χ3v) is 2.31. The number of hydrogen-bond acceptors (Lipinski definition) is 2. The fraction of sp³-hybridized carbons (Fsp3) is 1.00. The molecule has 0 aromatic carbocycles. The van der Waals surface area contributed by atoms with Crippen molar-refractivity contribution < 1.29 is 13.2 Å². The quantitative estimate of drug-likeness (QED) is 0.725. The van der Waals surface area contributed by atoms with E-state index < -0.39 is 5.51 Å². The molecular weight excluding hydrogens is 211 g/mol. The van der Waals surface area contributed by atoms with Gasteiger partial charge in [0.15, 0.2) is 0 Å². The molecule has 0 unspecified atom stereocenters. The Morgan fingerprint density at radius 2 is 1.64 bits per heavy atom. The van der Waals surface area contributed by atoms with Crippen molar-refractivity contribution in [1.82, 2.24) is 5.32 Å². The molecule has 0 radical (unpaired) electrons. The number of alkyl halides is 3. The van der Waals surface area contributed by atoms with Crippen LogP contribution in [0.25, 0.3) is 0 Å². The molecular formula is C9H18F3NS. The van der Waals surface area contributed by atoms with Gasteiger partial charge in [-0.2, -0.15) is 13.2 Å². The van der Waals surface area contributed by atoms with Gasteiger partial charge in [-0.15, -0.1) is 0 Å². The predicted molar refractivity (Wildman–Crippen MR) is 55.5 cm³/mol. The fourth-order valence-corrected chi connectivity index (χ4v) is 1.46. The van der Waals surface area contributed by atoms with Crippen LogP contribution in [-0.4, -0.2) is 23.3 Å². The second kappa shape index (κ2) is 5.85. The number of hydrogen-bond donors (Lipinski definition) is 1. The minimum atomic E-state index is -4.07. The molecule has 0 bridgehead atoms. The maximum atomic E-state index is 11.7. The standard InChI is InChI=1S/C9H18F3NS/c1-8(2,3)13-6-4-5-7-14-9(10,11)12/h13H,4-7H2,1-3H3. The van der Waals surface area contributed by atoms with Gasteiger partial charge in [-0.05, 0) is 40.2 Å². The number of thioether (sulfide) groups is 1. The molecule has 1 nitrogen and oxygen atoms in total. The van der Waals surface area contributed by atoms with Crippen LogP contribution in [0.1, 0.15) is 33.6 Å². The van der Waals surface area contributed by atoms with E-state index in [1.54, 1.807) is 0 Å². The maximum absolute atomic E-state index is 11.7. The van der Waals surface area contributed by atoms with Crippen LogP contribution in [0, 0.1) is 0 Å². The topological polar surface area (TPSA) is 12.0 Å². The van der Waals surface area contributed by atoms with Crippen molar-refractivity contribution in [3.8, 4) is 0 Å². The lowest BCUT2D eigenvalue weighted by molar-refractivity contribution is -0.0328. The maximum Gasteiger partial charge on any atom is 0.441 e. The van der Waals surface area contributed by atoms with E-state index in [-0.39, 0.29) is 23.1 Å². The summed E-state index contributed by atoms with van der Waals surface area (Å²) in [7, 11) is 0. The van der Waals surface area contributed by atoms with Gasteiger partial charge in [-0.3, -0.25) is 0 Å². The molecule has 0 rings (SSSR count). The van der Waals surface area contributed by atoms with Gasteiger partial charge in [0, 0.05) is 11.3 Å². The molecule has 0 heterocycles. The summed E-state index contributed by atoms with van der Waals surface area (Å²) in [6, 6.07) is 0. The summed E-state index contributed by atoms with van der Waals surface area (Å²) < 4.78 is 35.1. The highest BCUT2D eigenvalue weighted by Gasteiger charge is 2.27. The highest BCUT2D eigenvalue weighted by atomic mass is 32.2. The lowest BCUT2D eigenvalue weighted by Crippen LogP contribution is -2.36. The molecule has 0 spiro atoms. The lowest BCUT2D eigenvalue weighted by Gasteiger charge is -2.20. The third kappa shape index (κ3) is 12.1. The van der Waals surface area contributed by atoms with E-state index in [4.69, 9.17) is 0 Å². The second-order valence-electron chi connectivity index (χ2n) is 4.18. The number of unbranched alkanes of at least 4 members (excludes halogenated alkanes) is 1. The van der Waals surface area contributed by atoms with Crippen LogP contribution >= 0.6 is 11.8 Å². The first-order valence-electron chi connectivity index (χ1n) is 4.66. The summed E-state index contributed by atoms with van der Waals surface area (Å²) in [5.41, 5.74) is -4.02. The smallest absolute Gasteiger partial charge is 0.312 e. The van der Waals surface area contributed by atoms with Gasteiger partial charge >= 0.3 is 5.51 Å². The van der Waals surface area contributed by atoms with Gasteiger partial charge in [0.2, 0.25) is 0 Å². The molecule has 0 amide bonds. The number of halogens is 3. The molecule has 0 aliphatic carbocycles. The Morgan fingerprint density at radius 3 is 2.07 bits per heavy atom. The second-order valence-corrected chi connectivity index (χ2v) is 5.34. The molecule has 0 fully saturated rings. The molecule has 0 aromatic rings. The van der Waals surface area contributed by atoms with Crippen molar-refractivity contribution in [3.63, 3.8) is 0 Å². The molecule has 5 heteroatoms. The van der Waals surface area contributed by atoms with E-state index in [9.17, 15) is 13.2 Å². The van der Waals surface area contributed by atoms with Crippen LogP contribution in [-0.2, 0) is 0 Å². The first-order chi connectivity index (χ1) is 6.21. The summed E-state index contributed by atoms with van der Waals surface area (Å²) in [5.74, 6) is 0.162. The zero-order valence-electron chi connectivity index (χ0n) is 8.87. The minimum Gasteiger partial charge on any atom is -0.312 e. The first kappa shape index (κ1) is 14.1. The summed E-state index contributed by atoms with van der Waals surface area (Å²) >= 11 is 0.0637. The Hall–Kier alpha value is 0.100. The van der Waals surface area contributed by atoms with Gasteiger partial charge in [0.1, 0.15) is 0 Å². The van der Waals surface area contributed by atoms with Crippen LogP contribution in [0.3, 0.4) is 0 Å². The van der Waals surface area contributed by atoms with Crippen LogP contribution in [0.5, 0.6) is 0 Å².